The molecule has 1 amide bonds. The molecule has 0 aliphatic carbocycles. The van der Waals surface area contributed by atoms with Crippen molar-refractivity contribution in [3.8, 4) is 0 Å². The lowest BCUT2D eigenvalue weighted by Crippen LogP contribution is -2.38. The van der Waals surface area contributed by atoms with Crippen molar-refractivity contribution < 1.29 is 4.79 Å². The smallest absolute Gasteiger partial charge is 0.273 e. The van der Waals surface area contributed by atoms with Gasteiger partial charge in [0.25, 0.3) is 5.91 Å². The molecule has 1 aromatic carbocycles. The van der Waals surface area contributed by atoms with Gasteiger partial charge in [-0.15, -0.1) is 11.3 Å². The second-order valence-corrected chi connectivity index (χ2v) is 7.64. The lowest BCUT2D eigenvalue weighted by molar-refractivity contribution is 0.0606. The van der Waals surface area contributed by atoms with Crippen molar-refractivity contribution in [2.24, 2.45) is 0 Å². The molecule has 1 aliphatic heterocycles. The van der Waals surface area contributed by atoms with E-state index in [1.54, 1.807) is 0 Å². The molecule has 25 heavy (non-hydrogen) atoms. The van der Waals surface area contributed by atoms with Crippen LogP contribution in [0, 0.1) is 0 Å². The average Bonchev–Trinajstić information content (AvgIpc) is 3.10. The summed E-state index contributed by atoms with van der Waals surface area (Å²) >= 11 is 1.47. The largest absolute Gasteiger partial charge is 0.365 e. The highest BCUT2D eigenvalue weighted by molar-refractivity contribution is 7.13. The summed E-state index contributed by atoms with van der Waals surface area (Å²) in [5.41, 5.74) is 3.06. The molecular weight excluding hydrogens is 332 g/mol. The van der Waals surface area contributed by atoms with E-state index in [2.05, 4.69) is 53.6 Å². The first kappa shape index (κ1) is 17.9. The Hall–Kier alpha value is -1.92. The van der Waals surface area contributed by atoms with Crippen LogP contribution in [0.4, 0.5) is 5.13 Å². The number of amides is 1. The SMILES string of the molecule is CNc1nc(C(=O)N2CCCCC2c2ccc(CN(C)C)cc2)cs1. The number of nitrogens with one attached hydrogen (secondary N) is 1. The minimum Gasteiger partial charge on any atom is -0.365 e. The number of piperidine rings is 1. The Bertz CT molecular complexity index is 710. The number of rotatable bonds is 5. The number of benzene rings is 1. The molecule has 0 bridgehead atoms. The Morgan fingerprint density at radius 2 is 2.08 bits per heavy atom. The van der Waals surface area contributed by atoms with E-state index in [-0.39, 0.29) is 11.9 Å². The third-order valence-corrected chi connectivity index (χ3v) is 5.42. The van der Waals surface area contributed by atoms with Gasteiger partial charge in [-0.2, -0.15) is 0 Å². The van der Waals surface area contributed by atoms with Crippen LogP contribution in [0.15, 0.2) is 29.6 Å². The van der Waals surface area contributed by atoms with Gasteiger partial charge in [-0.3, -0.25) is 4.79 Å². The summed E-state index contributed by atoms with van der Waals surface area (Å²) in [5.74, 6) is 0.0415. The second-order valence-electron chi connectivity index (χ2n) is 6.78. The zero-order valence-corrected chi connectivity index (χ0v) is 16.0. The second kappa shape index (κ2) is 7.97. The summed E-state index contributed by atoms with van der Waals surface area (Å²) in [6.07, 6.45) is 3.23. The van der Waals surface area contributed by atoms with E-state index in [1.807, 2.05) is 17.3 Å². The minimum atomic E-state index is 0.0415. The van der Waals surface area contributed by atoms with Crippen molar-refractivity contribution in [1.29, 1.82) is 0 Å². The lowest BCUT2D eigenvalue weighted by atomic mass is 9.94. The predicted octanol–water partition coefficient (Wildman–Crippen LogP) is 3.61. The van der Waals surface area contributed by atoms with E-state index in [9.17, 15) is 4.79 Å². The summed E-state index contributed by atoms with van der Waals surface area (Å²) in [4.78, 5) is 21.5. The third kappa shape index (κ3) is 4.19. The molecule has 0 radical (unpaired) electrons. The molecule has 134 valence electrons. The highest BCUT2D eigenvalue weighted by atomic mass is 32.1. The van der Waals surface area contributed by atoms with Crippen molar-refractivity contribution in [3.63, 3.8) is 0 Å². The van der Waals surface area contributed by atoms with Crippen LogP contribution in [0.5, 0.6) is 0 Å². The van der Waals surface area contributed by atoms with Gasteiger partial charge >= 0.3 is 0 Å². The molecule has 1 atom stereocenters. The van der Waals surface area contributed by atoms with Crippen molar-refractivity contribution >= 4 is 22.4 Å². The van der Waals surface area contributed by atoms with Gasteiger partial charge in [0, 0.05) is 25.5 Å². The molecule has 3 rings (SSSR count). The molecule has 0 saturated carbocycles. The summed E-state index contributed by atoms with van der Waals surface area (Å²) < 4.78 is 0. The molecule has 1 unspecified atom stereocenters. The Balaban J connectivity index is 1.79. The molecule has 1 fully saturated rings. The Morgan fingerprint density at radius 1 is 1.32 bits per heavy atom. The standard InChI is InChI=1S/C19H26N4OS/c1-20-19-21-16(13-25-19)18(24)23-11-5-4-6-17(23)15-9-7-14(8-10-15)12-22(2)3/h7-10,13,17H,4-6,11-12H2,1-3H3,(H,20,21). The highest BCUT2D eigenvalue weighted by Crippen LogP contribution is 2.32. The third-order valence-electron chi connectivity index (χ3n) is 4.56. The summed E-state index contributed by atoms with van der Waals surface area (Å²) in [6, 6.07) is 8.85. The monoisotopic (exact) mass is 358 g/mol. The fourth-order valence-corrected chi connectivity index (χ4v) is 4.01. The molecule has 1 N–H and O–H groups in total. The Labute approximate surface area is 153 Å². The van der Waals surface area contributed by atoms with Gasteiger partial charge < -0.3 is 15.1 Å². The summed E-state index contributed by atoms with van der Waals surface area (Å²) in [7, 11) is 5.97. The first-order chi connectivity index (χ1) is 12.1. The summed E-state index contributed by atoms with van der Waals surface area (Å²) in [5, 5.41) is 5.63. The molecule has 1 aliphatic rings. The van der Waals surface area contributed by atoms with E-state index in [1.165, 1.54) is 22.5 Å². The summed E-state index contributed by atoms with van der Waals surface area (Å²) in [6.45, 7) is 1.73. The van der Waals surface area contributed by atoms with Gasteiger partial charge in [-0.25, -0.2) is 4.98 Å². The molecule has 0 spiro atoms. The van der Waals surface area contributed by atoms with Gasteiger partial charge in [-0.1, -0.05) is 24.3 Å². The Kier molecular flexibility index (Phi) is 5.71. The number of carbonyl (C=O) groups is 1. The van der Waals surface area contributed by atoms with E-state index in [0.717, 1.165) is 37.5 Å². The quantitative estimate of drug-likeness (QED) is 0.887. The van der Waals surface area contributed by atoms with Gasteiger partial charge in [0.05, 0.1) is 6.04 Å². The first-order valence-corrected chi connectivity index (χ1v) is 9.64. The number of carbonyl (C=O) groups excluding carboxylic acids is 1. The van der Waals surface area contributed by atoms with Crippen LogP contribution in [-0.2, 0) is 6.54 Å². The van der Waals surface area contributed by atoms with Crippen molar-refractivity contribution in [3.05, 3.63) is 46.5 Å². The normalized spacial score (nSPS) is 17.8. The van der Waals surface area contributed by atoms with E-state index >= 15 is 0 Å². The van der Waals surface area contributed by atoms with Crippen LogP contribution in [0.25, 0.3) is 0 Å². The zero-order chi connectivity index (χ0) is 17.8. The number of anilines is 1. The number of nitrogens with zero attached hydrogens (tertiary/aromatic N) is 3. The van der Waals surface area contributed by atoms with E-state index in [0.29, 0.717) is 5.69 Å². The molecule has 5 nitrogen and oxygen atoms in total. The van der Waals surface area contributed by atoms with Crippen LogP contribution in [0.3, 0.4) is 0 Å². The fourth-order valence-electron chi connectivity index (χ4n) is 3.37. The maximum Gasteiger partial charge on any atom is 0.273 e. The van der Waals surface area contributed by atoms with E-state index in [4.69, 9.17) is 0 Å². The maximum absolute atomic E-state index is 13.0. The molecule has 1 saturated heterocycles. The minimum absolute atomic E-state index is 0.0415. The van der Waals surface area contributed by atoms with Gasteiger partial charge in [0.15, 0.2) is 5.13 Å². The fraction of sp³-hybridized carbons (Fsp3) is 0.474. The molecule has 1 aromatic heterocycles. The topological polar surface area (TPSA) is 48.5 Å². The highest BCUT2D eigenvalue weighted by Gasteiger charge is 2.29. The number of likely N-dealkylation sites (tertiary alicyclic amines) is 1. The van der Waals surface area contributed by atoms with Crippen LogP contribution in [0.1, 0.15) is 46.9 Å². The number of hydrogen-bond donors (Lipinski definition) is 1. The molecule has 2 heterocycles. The molecule has 2 aromatic rings. The van der Waals surface area contributed by atoms with Crippen molar-refractivity contribution in [2.75, 3.05) is 33.0 Å². The number of hydrogen-bond acceptors (Lipinski definition) is 5. The van der Waals surface area contributed by atoms with E-state index < -0.39 is 0 Å². The van der Waals surface area contributed by atoms with Crippen LogP contribution in [0.2, 0.25) is 0 Å². The lowest BCUT2D eigenvalue weighted by Gasteiger charge is -2.35. The molecule has 6 heteroatoms. The van der Waals surface area contributed by atoms with Crippen molar-refractivity contribution in [1.82, 2.24) is 14.8 Å². The first-order valence-electron chi connectivity index (χ1n) is 8.76. The predicted molar refractivity (Wildman–Crippen MR) is 103 cm³/mol. The average molecular weight is 359 g/mol. The van der Waals surface area contributed by atoms with Crippen LogP contribution >= 0.6 is 11.3 Å². The number of aromatic nitrogens is 1. The van der Waals surface area contributed by atoms with Crippen LogP contribution in [-0.4, -0.2) is 48.4 Å². The maximum atomic E-state index is 13.0. The van der Waals surface area contributed by atoms with Crippen molar-refractivity contribution in [2.45, 2.75) is 31.8 Å². The van der Waals surface area contributed by atoms with Gasteiger partial charge in [0.1, 0.15) is 5.69 Å². The zero-order valence-electron chi connectivity index (χ0n) is 15.2. The molecular formula is C19H26N4OS. The van der Waals surface area contributed by atoms with Gasteiger partial charge in [-0.05, 0) is 44.5 Å². The van der Waals surface area contributed by atoms with Crippen LogP contribution < -0.4 is 5.32 Å². The Morgan fingerprint density at radius 3 is 2.72 bits per heavy atom. The van der Waals surface area contributed by atoms with Gasteiger partial charge in [0.2, 0.25) is 0 Å². The number of thiazole rings is 1.